The van der Waals surface area contributed by atoms with Crippen LogP contribution in [0.1, 0.15) is 32.6 Å². The summed E-state index contributed by atoms with van der Waals surface area (Å²) in [6.07, 6.45) is 4.63. The second-order valence-corrected chi connectivity index (χ2v) is 5.63. The van der Waals surface area contributed by atoms with Gasteiger partial charge in [-0.05, 0) is 18.8 Å². The number of aliphatic carboxylic acids is 1. The number of nitrogens with one attached hydrogen (secondary N) is 1. The van der Waals surface area contributed by atoms with E-state index in [-0.39, 0.29) is 17.7 Å². The van der Waals surface area contributed by atoms with Crippen molar-refractivity contribution in [2.75, 3.05) is 19.6 Å². The molecule has 0 aromatic carbocycles. The van der Waals surface area contributed by atoms with Crippen LogP contribution >= 0.6 is 0 Å². The van der Waals surface area contributed by atoms with Crippen LogP contribution in [0.4, 0.5) is 0 Å². The Labute approximate surface area is 108 Å². The van der Waals surface area contributed by atoms with Gasteiger partial charge in [0, 0.05) is 19.1 Å². The van der Waals surface area contributed by atoms with E-state index in [0.29, 0.717) is 12.6 Å². The van der Waals surface area contributed by atoms with Crippen molar-refractivity contribution in [2.45, 2.75) is 38.6 Å². The molecule has 2 rings (SSSR count). The molecule has 1 saturated heterocycles. The quantitative estimate of drug-likeness (QED) is 0.757. The lowest BCUT2D eigenvalue weighted by molar-refractivity contribution is -0.145. The van der Waals surface area contributed by atoms with Crippen LogP contribution in [0.5, 0.6) is 0 Å². The van der Waals surface area contributed by atoms with Gasteiger partial charge in [-0.25, -0.2) is 0 Å². The molecular weight excluding hydrogens is 232 g/mol. The molecule has 1 atom stereocenters. The first kappa shape index (κ1) is 13.3. The number of rotatable bonds is 5. The van der Waals surface area contributed by atoms with Gasteiger partial charge in [0.05, 0.1) is 12.5 Å². The van der Waals surface area contributed by atoms with Gasteiger partial charge in [0.15, 0.2) is 0 Å². The maximum absolute atomic E-state index is 11.7. The van der Waals surface area contributed by atoms with E-state index in [9.17, 15) is 9.59 Å². The van der Waals surface area contributed by atoms with Crippen molar-refractivity contribution in [3.8, 4) is 0 Å². The Balaban J connectivity index is 1.64. The van der Waals surface area contributed by atoms with E-state index >= 15 is 0 Å². The van der Waals surface area contributed by atoms with Gasteiger partial charge in [0.25, 0.3) is 0 Å². The monoisotopic (exact) mass is 254 g/mol. The number of carbonyl (C=O) groups excluding carboxylic acids is 1. The molecule has 1 amide bonds. The molecule has 2 aliphatic rings. The van der Waals surface area contributed by atoms with Crippen molar-refractivity contribution in [2.24, 2.45) is 11.8 Å². The Kier molecular flexibility index (Phi) is 4.22. The molecule has 18 heavy (non-hydrogen) atoms. The lowest BCUT2D eigenvalue weighted by Gasteiger charge is -2.40. The first-order valence-electron chi connectivity index (χ1n) is 6.81. The SMILES string of the molecule is CC(C(=O)O)C1CN(CC(=O)NC2CCCC2)C1. The zero-order chi connectivity index (χ0) is 13.1. The van der Waals surface area contributed by atoms with Crippen LogP contribution in [0.2, 0.25) is 0 Å². The van der Waals surface area contributed by atoms with E-state index in [2.05, 4.69) is 5.32 Å². The van der Waals surface area contributed by atoms with Crippen LogP contribution in [0.25, 0.3) is 0 Å². The largest absolute Gasteiger partial charge is 0.481 e. The number of hydrogen-bond donors (Lipinski definition) is 2. The first-order chi connectivity index (χ1) is 8.56. The molecule has 0 aromatic rings. The third-order valence-corrected chi connectivity index (χ3v) is 4.17. The van der Waals surface area contributed by atoms with Crippen molar-refractivity contribution in [1.29, 1.82) is 0 Å². The molecule has 5 nitrogen and oxygen atoms in total. The number of likely N-dealkylation sites (tertiary alicyclic amines) is 1. The second-order valence-electron chi connectivity index (χ2n) is 5.63. The first-order valence-corrected chi connectivity index (χ1v) is 6.81. The van der Waals surface area contributed by atoms with Crippen molar-refractivity contribution in [3.63, 3.8) is 0 Å². The molecule has 1 aliphatic carbocycles. The third kappa shape index (κ3) is 3.22. The Morgan fingerprint density at radius 3 is 2.50 bits per heavy atom. The summed E-state index contributed by atoms with van der Waals surface area (Å²) >= 11 is 0. The van der Waals surface area contributed by atoms with Crippen LogP contribution in [0.3, 0.4) is 0 Å². The van der Waals surface area contributed by atoms with E-state index in [1.54, 1.807) is 6.92 Å². The molecule has 1 unspecified atom stereocenters. The zero-order valence-electron chi connectivity index (χ0n) is 10.9. The predicted molar refractivity (Wildman–Crippen MR) is 67.1 cm³/mol. The fraction of sp³-hybridized carbons (Fsp3) is 0.846. The third-order valence-electron chi connectivity index (χ3n) is 4.17. The van der Waals surface area contributed by atoms with Gasteiger partial charge >= 0.3 is 5.97 Å². The van der Waals surface area contributed by atoms with Crippen molar-refractivity contribution in [3.05, 3.63) is 0 Å². The zero-order valence-corrected chi connectivity index (χ0v) is 10.9. The van der Waals surface area contributed by atoms with Crippen molar-refractivity contribution >= 4 is 11.9 Å². The van der Waals surface area contributed by atoms with E-state index in [0.717, 1.165) is 25.9 Å². The van der Waals surface area contributed by atoms with E-state index in [4.69, 9.17) is 5.11 Å². The molecule has 102 valence electrons. The molecule has 0 radical (unpaired) electrons. The van der Waals surface area contributed by atoms with Gasteiger partial charge in [0.2, 0.25) is 5.91 Å². The topological polar surface area (TPSA) is 69.6 Å². The normalized spacial score (nSPS) is 23.6. The molecular formula is C13H22N2O3. The summed E-state index contributed by atoms with van der Waals surface area (Å²) in [5, 5.41) is 11.9. The van der Waals surface area contributed by atoms with Crippen molar-refractivity contribution < 1.29 is 14.7 Å². The molecule has 5 heteroatoms. The summed E-state index contributed by atoms with van der Waals surface area (Å²) in [5.41, 5.74) is 0. The summed E-state index contributed by atoms with van der Waals surface area (Å²) < 4.78 is 0. The Morgan fingerprint density at radius 2 is 1.94 bits per heavy atom. The number of carboxylic acids is 1. The Morgan fingerprint density at radius 1 is 1.33 bits per heavy atom. The highest BCUT2D eigenvalue weighted by Gasteiger charge is 2.35. The molecule has 0 aromatic heterocycles. The minimum Gasteiger partial charge on any atom is -0.481 e. The molecule has 1 heterocycles. The van der Waals surface area contributed by atoms with Gasteiger partial charge in [-0.3, -0.25) is 14.5 Å². The maximum Gasteiger partial charge on any atom is 0.306 e. The molecule has 0 spiro atoms. The highest BCUT2D eigenvalue weighted by molar-refractivity contribution is 5.78. The summed E-state index contributed by atoms with van der Waals surface area (Å²) in [4.78, 5) is 24.6. The van der Waals surface area contributed by atoms with Crippen molar-refractivity contribution in [1.82, 2.24) is 10.2 Å². The fourth-order valence-corrected chi connectivity index (χ4v) is 2.80. The van der Waals surface area contributed by atoms with Crippen LogP contribution in [-0.2, 0) is 9.59 Å². The maximum atomic E-state index is 11.7. The van der Waals surface area contributed by atoms with Crippen LogP contribution in [0.15, 0.2) is 0 Å². The smallest absolute Gasteiger partial charge is 0.306 e. The van der Waals surface area contributed by atoms with E-state index < -0.39 is 5.97 Å². The summed E-state index contributed by atoms with van der Waals surface area (Å²) in [7, 11) is 0. The number of nitrogens with zero attached hydrogens (tertiary/aromatic N) is 1. The molecule has 2 fully saturated rings. The van der Waals surface area contributed by atoms with Gasteiger partial charge in [-0.1, -0.05) is 19.8 Å². The average Bonchev–Trinajstić information content (AvgIpc) is 2.74. The van der Waals surface area contributed by atoms with E-state index in [1.807, 2.05) is 4.90 Å². The second kappa shape index (κ2) is 5.69. The van der Waals surface area contributed by atoms with Gasteiger partial charge in [-0.2, -0.15) is 0 Å². The number of amides is 1. The van der Waals surface area contributed by atoms with Gasteiger partial charge in [-0.15, -0.1) is 0 Å². The summed E-state index contributed by atoms with van der Waals surface area (Å²) in [6, 6.07) is 0.368. The molecule has 0 bridgehead atoms. The fourth-order valence-electron chi connectivity index (χ4n) is 2.80. The van der Waals surface area contributed by atoms with Crippen LogP contribution in [-0.4, -0.2) is 47.6 Å². The number of hydrogen-bond acceptors (Lipinski definition) is 3. The standard InChI is InChI=1S/C13H22N2O3/c1-9(13(17)18)10-6-15(7-10)8-12(16)14-11-4-2-3-5-11/h9-11H,2-8H2,1H3,(H,14,16)(H,17,18). The Hall–Kier alpha value is -1.10. The summed E-state index contributed by atoms with van der Waals surface area (Å²) in [5.74, 6) is -0.765. The highest BCUT2D eigenvalue weighted by Crippen LogP contribution is 2.23. The lowest BCUT2D eigenvalue weighted by atomic mass is 9.87. The lowest BCUT2D eigenvalue weighted by Crippen LogP contribution is -2.54. The highest BCUT2D eigenvalue weighted by atomic mass is 16.4. The predicted octanol–water partition coefficient (Wildman–Crippen LogP) is 0.698. The molecule has 1 saturated carbocycles. The van der Waals surface area contributed by atoms with E-state index in [1.165, 1.54) is 12.8 Å². The minimum absolute atomic E-state index is 0.0864. The number of carboxylic acid groups (broad SMARTS) is 1. The van der Waals surface area contributed by atoms with Gasteiger partial charge in [0.1, 0.15) is 0 Å². The number of carbonyl (C=O) groups is 2. The Bertz CT molecular complexity index is 320. The van der Waals surface area contributed by atoms with Crippen LogP contribution in [0, 0.1) is 11.8 Å². The molecule has 2 N–H and O–H groups in total. The summed E-state index contributed by atoms with van der Waals surface area (Å²) in [6.45, 7) is 3.61. The minimum atomic E-state index is -0.741. The van der Waals surface area contributed by atoms with Crippen LogP contribution < -0.4 is 5.32 Å². The molecule has 1 aliphatic heterocycles. The van der Waals surface area contributed by atoms with Gasteiger partial charge < -0.3 is 10.4 Å². The average molecular weight is 254 g/mol.